The molecule has 19 heavy (non-hydrogen) atoms. The summed E-state index contributed by atoms with van der Waals surface area (Å²) in [6, 6.07) is 8.77. The van der Waals surface area contributed by atoms with Crippen LogP contribution in [0.2, 0.25) is 0 Å². The number of halogens is 1. The van der Waals surface area contributed by atoms with E-state index in [1.807, 2.05) is 0 Å². The van der Waals surface area contributed by atoms with Gasteiger partial charge in [0, 0.05) is 5.69 Å². The third-order valence-electron chi connectivity index (χ3n) is 2.69. The average Bonchev–Trinajstić information content (AvgIpc) is 2.38. The van der Waals surface area contributed by atoms with Gasteiger partial charge in [-0.1, -0.05) is 6.07 Å². The summed E-state index contributed by atoms with van der Waals surface area (Å²) in [7, 11) is 1.37. The van der Waals surface area contributed by atoms with Crippen molar-refractivity contribution in [2.75, 3.05) is 12.8 Å². The van der Waals surface area contributed by atoms with Crippen LogP contribution in [0.25, 0.3) is 11.1 Å². The van der Waals surface area contributed by atoms with Gasteiger partial charge in [0.1, 0.15) is 0 Å². The first-order valence-corrected chi connectivity index (χ1v) is 5.49. The molecule has 0 heterocycles. The number of carboxylic acid groups (broad SMARTS) is 1. The number of aromatic carboxylic acids is 1. The van der Waals surface area contributed by atoms with Gasteiger partial charge < -0.3 is 15.6 Å². The first-order chi connectivity index (χ1) is 9.01. The van der Waals surface area contributed by atoms with Crippen molar-refractivity contribution in [3.63, 3.8) is 0 Å². The van der Waals surface area contributed by atoms with E-state index in [-0.39, 0.29) is 11.3 Å². The molecule has 0 saturated heterocycles. The van der Waals surface area contributed by atoms with Crippen molar-refractivity contribution in [3.8, 4) is 16.9 Å². The number of carboxylic acids is 1. The summed E-state index contributed by atoms with van der Waals surface area (Å²) in [5.74, 6) is -1.45. The minimum Gasteiger partial charge on any atom is -0.494 e. The highest BCUT2D eigenvalue weighted by atomic mass is 19.1. The van der Waals surface area contributed by atoms with Crippen LogP contribution in [0, 0.1) is 5.82 Å². The molecule has 98 valence electrons. The Bertz CT molecular complexity index is 641. The van der Waals surface area contributed by atoms with Crippen molar-refractivity contribution in [1.82, 2.24) is 0 Å². The van der Waals surface area contributed by atoms with E-state index >= 15 is 0 Å². The minimum atomic E-state index is -1.07. The number of benzene rings is 2. The van der Waals surface area contributed by atoms with E-state index in [1.165, 1.54) is 37.4 Å². The maximum Gasteiger partial charge on any atom is 0.335 e. The predicted octanol–water partition coefficient (Wildman–Crippen LogP) is 2.78. The monoisotopic (exact) mass is 261 g/mol. The number of rotatable bonds is 3. The van der Waals surface area contributed by atoms with Gasteiger partial charge in [0.15, 0.2) is 11.6 Å². The highest BCUT2D eigenvalue weighted by Crippen LogP contribution is 2.28. The number of nitrogen functional groups attached to an aromatic ring is 1. The molecule has 0 bridgehead atoms. The maximum absolute atomic E-state index is 13.3. The van der Waals surface area contributed by atoms with E-state index in [9.17, 15) is 9.18 Å². The number of carbonyl (C=O) groups is 1. The first kappa shape index (κ1) is 12.9. The number of ether oxygens (including phenoxy) is 1. The Kier molecular flexibility index (Phi) is 3.37. The van der Waals surface area contributed by atoms with Crippen LogP contribution >= 0.6 is 0 Å². The lowest BCUT2D eigenvalue weighted by Gasteiger charge is -2.08. The Morgan fingerprint density at radius 3 is 2.58 bits per heavy atom. The Balaban J connectivity index is 2.55. The van der Waals surface area contributed by atoms with Crippen molar-refractivity contribution in [1.29, 1.82) is 0 Å². The van der Waals surface area contributed by atoms with E-state index in [0.717, 1.165) is 0 Å². The summed E-state index contributed by atoms with van der Waals surface area (Å²) in [6.45, 7) is 0. The van der Waals surface area contributed by atoms with E-state index in [4.69, 9.17) is 15.6 Å². The van der Waals surface area contributed by atoms with E-state index in [0.29, 0.717) is 16.8 Å². The topological polar surface area (TPSA) is 72.5 Å². The molecule has 0 amide bonds. The molecule has 0 unspecified atom stereocenters. The summed E-state index contributed by atoms with van der Waals surface area (Å²) in [4.78, 5) is 11.0. The van der Waals surface area contributed by atoms with Gasteiger partial charge in [0.25, 0.3) is 0 Å². The largest absolute Gasteiger partial charge is 0.494 e. The molecule has 0 radical (unpaired) electrons. The Hall–Kier alpha value is -2.56. The molecule has 0 aliphatic rings. The summed E-state index contributed by atoms with van der Waals surface area (Å²) >= 11 is 0. The molecule has 2 aromatic carbocycles. The highest BCUT2D eigenvalue weighted by Gasteiger charge is 2.09. The van der Waals surface area contributed by atoms with Gasteiger partial charge in [-0.3, -0.25) is 0 Å². The van der Waals surface area contributed by atoms with Crippen LogP contribution in [0.5, 0.6) is 5.75 Å². The molecular formula is C14H12FNO3. The predicted molar refractivity (Wildman–Crippen MR) is 69.8 cm³/mol. The normalized spacial score (nSPS) is 10.2. The van der Waals surface area contributed by atoms with Crippen LogP contribution in [0.3, 0.4) is 0 Å². The molecule has 0 aromatic heterocycles. The molecule has 0 aliphatic heterocycles. The molecule has 5 heteroatoms. The Labute approximate surface area is 109 Å². The maximum atomic E-state index is 13.3. The Morgan fingerprint density at radius 2 is 1.95 bits per heavy atom. The van der Waals surface area contributed by atoms with Crippen LogP contribution in [-0.2, 0) is 0 Å². The lowest BCUT2D eigenvalue weighted by molar-refractivity contribution is 0.0697. The summed E-state index contributed by atoms with van der Waals surface area (Å²) < 4.78 is 18.2. The fraction of sp³-hybridized carbons (Fsp3) is 0.0714. The minimum absolute atomic E-state index is 0.0818. The molecule has 3 N–H and O–H groups in total. The van der Waals surface area contributed by atoms with Gasteiger partial charge >= 0.3 is 5.97 Å². The summed E-state index contributed by atoms with van der Waals surface area (Å²) in [6.07, 6.45) is 0. The van der Waals surface area contributed by atoms with Crippen LogP contribution in [0.15, 0.2) is 36.4 Å². The molecule has 0 spiro atoms. The third kappa shape index (κ3) is 2.65. The fourth-order valence-corrected chi connectivity index (χ4v) is 1.78. The highest BCUT2D eigenvalue weighted by molar-refractivity contribution is 5.91. The van der Waals surface area contributed by atoms with Gasteiger partial charge in [0.05, 0.1) is 12.7 Å². The summed E-state index contributed by atoms with van der Waals surface area (Å²) in [5, 5.41) is 8.99. The number of anilines is 1. The van der Waals surface area contributed by atoms with Crippen molar-refractivity contribution < 1.29 is 19.0 Å². The van der Waals surface area contributed by atoms with E-state index in [2.05, 4.69) is 0 Å². The first-order valence-electron chi connectivity index (χ1n) is 5.49. The molecule has 0 aliphatic carbocycles. The lowest BCUT2D eigenvalue weighted by atomic mass is 10.0. The van der Waals surface area contributed by atoms with Gasteiger partial charge in [-0.15, -0.1) is 0 Å². The molecule has 4 nitrogen and oxygen atoms in total. The lowest BCUT2D eigenvalue weighted by Crippen LogP contribution is -1.99. The van der Waals surface area contributed by atoms with Gasteiger partial charge in [-0.25, -0.2) is 9.18 Å². The molecule has 0 saturated carbocycles. The number of nitrogens with two attached hydrogens (primary N) is 1. The van der Waals surface area contributed by atoms with Gasteiger partial charge in [-0.2, -0.15) is 0 Å². The summed E-state index contributed by atoms with van der Waals surface area (Å²) in [5.41, 5.74) is 7.31. The zero-order valence-corrected chi connectivity index (χ0v) is 10.2. The standard InChI is InChI=1S/C14H12FNO3/c1-19-13-7-8(2-3-12(13)15)9-4-10(14(17)18)6-11(16)5-9/h2-7H,16H2,1H3,(H,17,18). The van der Waals surface area contributed by atoms with E-state index in [1.54, 1.807) is 6.07 Å². The second kappa shape index (κ2) is 4.97. The van der Waals surface area contributed by atoms with Gasteiger partial charge in [-0.05, 0) is 41.5 Å². The zero-order valence-electron chi connectivity index (χ0n) is 10.2. The third-order valence-corrected chi connectivity index (χ3v) is 2.69. The van der Waals surface area contributed by atoms with Crippen molar-refractivity contribution >= 4 is 11.7 Å². The van der Waals surface area contributed by atoms with Crippen molar-refractivity contribution in [2.24, 2.45) is 0 Å². The van der Waals surface area contributed by atoms with Crippen molar-refractivity contribution in [3.05, 3.63) is 47.8 Å². The Morgan fingerprint density at radius 1 is 1.21 bits per heavy atom. The molecule has 0 fully saturated rings. The molecular weight excluding hydrogens is 249 g/mol. The van der Waals surface area contributed by atoms with Crippen molar-refractivity contribution in [2.45, 2.75) is 0 Å². The molecule has 2 rings (SSSR count). The second-order valence-electron chi connectivity index (χ2n) is 4.00. The average molecular weight is 261 g/mol. The van der Waals surface area contributed by atoms with Gasteiger partial charge in [0.2, 0.25) is 0 Å². The SMILES string of the molecule is COc1cc(-c2cc(N)cc(C(=O)O)c2)ccc1F. The fourth-order valence-electron chi connectivity index (χ4n) is 1.78. The van der Waals surface area contributed by atoms with Crippen LogP contribution < -0.4 is 10.5 Å². The number of methoxy groups -OCH3 is 1. The molecule has 0 atom stereocenters. The van der Waals surface area contributed by atoms with E-state index < -0.39 is 11.8 Å². The number of hydrogen-bond donors (Lipinski definition) is 2. The smallest absolute Gasteiger partial charge is 0.335 e. The number of hydrogen-bond acceptors (Lipinski definition) is 3. The molecule has 2 aromatic rings. The van der Waals surface area contributed by atoms with Crippen LogP contribution in [0.1, 0.15) is 10.4 Å². The quantitative estimate of drug-likeness (QED) is 0.833. The second-order valence-corrected chi connectivity index (χ2v) is 4.00. The van der Waals surface area contributed by atoms with Crippen LogP contribution in [-0.4, -0.2) is 18.2 Å². The van der Waals surface area contributed by atoms with Crippen LogP contribution in [0.4, 0.5) is 10.1 Å². The zero-order chi connectivity index (χ0) is 14.0.